The third-order valence-corrected chi connectivity index (χ3v) is 7.85. The number of benzene rings is 2. The van der Waals surface area contributed by atoms with Crippen molar-refractivity contribution in [1.29, 1.82) is 0 Å². The van der Waals surface area contributed by atoms with E-state index in [9.17, 15) is 19.2 Å². The van der Waals surface area contributed by atoms with Crippen molar-refractivity contribution >= 4 is 23.8 Å². The Kier molecular flexibility index (Phi) is 10.2. The normalized spacial score (nSPS) is 18.1. The summed E-state index contributed by atoms with van der Waals surface area (Å²) in [6.45, 7) is 3.87. The Morgan fingerprint density at radius 3 is 2.51 bits per heavy atom. The van der Waals surface area contributed by atoms with Gasteiger partial charge in [-0.05, 0) is 62.3 Å². The van der Waals surface area contributed by atoms with Crippen molar-refractivity contribution in [3.63, 3.8) is 0 Å². The smallest absolute Gasteiger partial charge is 0.407 e. The van der Waals surface area contributed by atoms with E-state index in [1.807, 2.05) is 37.3 Å². The molecule has 41 heavy (non-hydrogen) atoms. The first-order chi connectivity index (χ1) is 19.9. The van der Waals surface area contributed by atoms with Gasteiger partial charge >= 0.3 is 6.09 Å². The molecular formula is C31H40N4O6. The number of nitrogens with one attached hydrogen (secondary N) is 2. The molecule has 0 saturated carbocycles. The summed E-state index contributed by atoms with van der Waals surface area (Å²) >= 11 is 0. The predicted octanol–water partition coefficient (Wildman–Crippen LogP) is 3.50. The maximum Gasteiger partial charge on any atom is 0.407 e. The van der Waals surface area contributed by atoms with E-state index >= 15 is 0 Å². The second-order valence-corrected chi connectivity index (χ2v) is 10.6. The van der Waals surface area contributed by atoms with Crippen LogP contribution >= 0.6 is 0 Å². The molecule has 2 N–H and O–H groups in total. The first-order valence-electron chi connectivity index (χ1n) is 14.4. The molecular weight excluding hydrogens is 524 g/mol. The van der Waals surface area contributed by atoms with Crippen molar-refractivity contribution in [1.82, 2.24) is 20.4 Å². The topological polar surface area (TPSA) is 117 Å². The van der Waals surface area contributed by atoms with Crippen molar-refractivity contribution in [3.05, 3.63) is 65.7 Å². The van der Waals surface area contributed by atoms with Crippen LogP contribution in [0.5, 0.6) is 5.75 Å². The molecule has 2 aromatic rings. The first-order valence-corrected chi connectivity index (χ1v) is 14.4. The van der Waals surface area contributed by atoms with Gasteiger partial charge in [0.2, 0.25) is 11.8 Å². The van der Waals surface area contributed by atoms with Crippen LogP contribution in [-0.4, -0.2) is 78.5 Å². The van der Waals surface area contributed by atoms with Crippen molar-refractivity contribution in [2.75, 3.05) is 33.3 Å². The van der Waals surface area contributed by atoms with Crippen LogP contribution in [0, 0.1) is 0 Å². The van der Waals surface area contributed by atoms with E-state index in [4.69, 9.17) is 9.47 Å². The van der Waals surface area contributed by atoms with Crippen molar-refractivity contribution in [2.45, 2.75) is 63.6 Å². The molecule has 2 fully saturated rings. The molecule has 10 heteroatoms. The molecule has 2 saturated heterocycles. The number of amides is 4. The number of carbonyl (C=O) groups is 4. The van der Waals surface area contributed by atoms with Gasteiger partial charge in [0.05, 0.1) is 7.11 Å². The summed E-state index contributed by atoms with van der Waals surface area (Å²) in [6.07, 6.45) is 2.83. The minimum Gasteiger partial charge on any atom is -0.497 e. The largest absolute Gasteiger partial charge is 0.497 e. The zero-order valence-corrected chi connectivity index (χ0v) is 23.9. The molecule has 0 aromatic heterocycles. The fourth-order valence-corrected chi connectivity index (χ4v) is 5.57. The van der Waals surface area contributed by atoms with Gasteiger partial charge in [-0.25, -0.2) is 4.79 Å². The average molecular weight is 565 g/mol. The average Bonchev–Trinajstić information content (AvgIpc) is 3.01. The molecule has 2 aliphatic rings. The molecule has 0 bridgehead atoms. The molecule has 0 radical (unpaired) electrons. The summed E-state index contributed by atoms with van der Waals surface area (Å²) in [5.41, 5.74) is 0.505. The van der Waals surface area contributed by atoms with Gasteiger partial charge in [-0.2, -0.15) is 0 Å². The van der Waals surface area contributed by atoms with Crippen LogP contribution in [0.25, 0.3) is 0 Å². The van der Waals surface area contributed by atoms with Gasteiger partial charge in [-0.3, -0.25) is 14.4 Å². The fourth-order valence-electron chi connectivity index (χ4n) is 5.57. The van der Waals surface area contributed by atoms with Crippen LogP contribution in [0.3, 0.4) is 0 Å². The Morgan fingerprint density at radius 1 is 1.05 bits per heavy atom. The molecule has 4 rings (SSSR count). The number of likely N-dealkylation sites (tertiary alicyclic amines) is 1. The molecule has 2 aliphatic heterocycles. The van der Waals surface area contributed by atoms with E-state index in [-0.39, 0.29) is 24.3 Å². The Bertz CT molecular complexity index is 1210. The third kappa shape index (κ3) is 7.17. The van der Waals surface area contributed by atoms with Crippen LogP contribution < -0.4 is 15.4 Å². The number of rotatable bonds is 11. The number of hydrogen-bond donors (Lipinski definition) is 2. The highest BCUT2D eigenvalue weighted by Crippen LogP contribution is 2.34. The SMILES string of the molecule is CCCN1C(=O)[C@H](CCCCNC(=O)OCc2ccccc2)NC(=O)C12CCN(C(=O)c1cccc(OC)c1)CC2. The second kappa shape index (κ2) is 14.0. The molecule has 2 aromatic carbocycles. The quantitative estimate of drug-likeness (QED) is 0.404. The van der Waals surface area contributed by atoms with E-state index in [0.717, 1.165) is 12.0 Å². The number of carbonyl (C=O) groups excluding carboxylic acids is 4. The van der Waals surface area contributed by atoms with Gasteiger partial charge in [0.25, 0.3) is 5.91 Å². The van der Waals surface area contributed by atoms with Crippen molar-refractivity contribution in [3.8, 4) is 5.75 Å². The van der Waals surface area contributed by atoms with Crippen LogP contribution in [-0.2, 0) is 20.9 Å². The molecule has 220 valence electrons. The van der Waals surface area contributed by atoms with Gasteiger partial charge in [-0.15, -0.1) is 0 Å². The molecule has 0 aliphatic carbocycles. The van der Waals surface area contributed by atoms with Crippen molar-refractivity contribution in [2.24, 2.45) is 0 Å². The molecule has 1 atom stereocenters. The minimum absolute atomic E-state index is 0.0748. The maximum atomic E-state index is 13.6. The third-order valence-electron chi connectivity index (χ3n) is 7.85. The molecule has 2 heterocycles. The maximum absolute atomic E-state index is 13.6. The molecule has 10 nitrogen and oxygen atoms in total. The predicted molar refractivity (Wildman–Crippen MR) is 153 cm³/mol. The summed E-state index contributed by atoms with van der Waals surface area (Å²) in [6, 6.07) is 15.9. The monoisotopic (exact) mass is 564 g/mol. The van der Waals surface area contributed by atoms with Crippen LogP contribution in [0.2, 0.25) is 0 Å². The number of unbranched alkanes of at least 4 members (excludes halogenated alkanes) is 1. The van der Waals surface area contributed by atoms with Gasteiger partial charge in [-0.1, -0.05) is 43.3 Å². The zero-order chi connectivity index (χ0) is 29.2. The Labute approximate surface area is 241 Å². The summed E-state index contributed by atoms with van der Waals surface area (Å²) in [7, 11) is 1.56. The number of methoxy groups -OCH3 is 1. The fraction of sp³-hybridized carbons (Fsp3) is 0.484. The van der Waals surface area contributed by atoms with Gasteiger partial charge in [0.15, 0.2) is 0 Å². The number of nitrogens with zero attached hydrogens (tertiary/aromatic N) is 2. The van der Waals surface area contributed by atoms with Gasteiger partial charge in [0, 0.05) is 31.7 Å². The van der Waals surface area contributed by atoms with E-state index < -0.39 is 17.7 Å². The summed E-state index contributed by atoms with van der Waals surface area (Å²) in [5, 5.41) is 5.72. The van der Waals surface area contributed by atoms with Crippen molar-refractivity contribution < 1.29 is 28.7 Å². The van der Waals surface area contributed by atoms with Crippen LogP contribution in [0.4, 0.5) is 4.79 Å². The lowest BCUT2D eigenvalue weighted by Crippen LogP contribution is -2.73. The molecule has 0 unspecified atom stereocenters. The van der Waals surface area contributed by atoms with E-state index in [0.29, 0.717) is 69.6 Å². The molecule has 4 amide bonds. The number of piperidine rings is 1. The first kappa shape index (κ1) is 29.9. The number of piperazine rings is 1. The Morgan fingerprint density at radius 2 is 1.80 bits per heavy atom. The summed E-state index contributed by atoms with van der Waals surface area (Å²) in [4.78, 5) is 55.6. The second-order valence-electron chi connectivity index (χ2n) is 10.6. The van der Waals surface area contributed by atoms with E-state index in [2.05, 4.69) is 10.6 Å². The lowest BCUT2D eigenvalue weighted by molar-refractivity contribution is -0.161. The molecule has 1 spiro atoms. The standard InChI is InChI=1S/C31H40N4O6/c1-3-18-35-28(37)26(14-7-8-17-32-30(39)41-22-23-10-5-4-6-11-23)33-29(38)31(35)15-19-34(20-16-31)27(36)24-12-9-13-25(21-24)40-2/h4-6,9-13,21,26H,3,7-8,14-20,22H2,1-2H3,(H,32,39)(H,33,38)/t26-/m0/s1. The van der Waals surface area contributed by atoms with E-state index in [1.54, 1.807) is 41.2 Å². The number of ether oxygens (including phenoxy) is 2. The zero-order valence-electron chi connectivity index (χ0n) is 23.9. The van der Waals surface area contributed by atoms with E-state index in [1.165, 1.54) is 0 Å². The lowest BCUT2D eigenvalue weighted by atomic mass is 9.81. The highest BCUT2D eigenvalue weighted by Gasteiger charge is 2.53. The highest BCUT2D eigenvalue weighted by molar-refractivity contribution is 6.00. The van der Waals surface area contributed by atoms with Gasteiger partial charge in [0.1, 0.15) is 23.9 Å². The Balaban J connectivity index is 1.26. The number of alkyl carbamates (subject to hydrolysis) is 1. The highest BCUT2D eigenvalue weighted by atomic mass is 16.5. The summed E-state index contributed by atoms with van der Waals surface area (Å²) < 4.78 is 10.5. The van der Waals surface area contributed by atoms with Gasteiger partial charge < -0.3 is 29.9 Å². The summed E-state index contributed by atoms with van der Waals surface area (Å²) in [5.74, 6) is 0.278. The lowest BCUT2D eigenvalue weighted by Gasteiger charge is -2.51. The van der Waals surface area contributed by atoms with Crippen LogP contribution in [0.1, 0.15) is 61.4 Å². The van der Waals surface area contributed by atoms with Crippen LogP contribution in [0.15, 0.2) is 54.6 Å². The Hall–Kier alpha value is -4.08. The number of hydrogen-bond acceptors (Lipinski definition) is 6. The minimum atomic E-state index is -0.946.